The molecule has 1 aromatic heterocycles. The van der Waals surface area contributed by atoms with Crippen molar-refractivity contribution in [3.05, 3.63) is 40.1 Å². The Kier molecular flexibility index (Phi) is 5.94. The first-order chi connectivity index (χ1) is 12.2. The number of nitrogens with zero attached hydrogens (tertiary/aromatic N) is 1. The maximum Gasteiger partial charge on any atom is 0.227 e. The molecule has 1 aromatic carbocycles. The Bertz CT molecular complexity index is 729. The summed E-state index contributed by atoms with van der Waals surface area (Å²) in [6.07, 6.45) is 1.33. The van der Waals surface area contributed by atoms with Gasteiger partial charge >= 0.3 is 0 Å². The van der Waals surface area contributed by atoms with Crippen LogP contribution < -0.4 is 19.7 Å². The van der Waals surface area contributed by atoms with Gasteiger partial charge in [-0.2, -0.15) is 0 Å². The summed E-state index contributed by atoms with van der Waals surface area (Å²) >= 11 is 1.72. The van der Waals surface area contributed by atoms with E-state index in [9.17, 15) is 4.79 Å². The molecule has 134 valence electrons. The molecule has 0 aliphatic carbocycles. The molecule has 2 heterocycles. The number of hydrogen-bond acceptors (Lipinski definition) is 5. The predicted octanol–water partition coefficient (Wildman–Crippen LogP) is 3.36. The number of rotatable bonds is 7. The second-order valence-corrected chi connectivity index (χ2v) is 7.40. The Hall–Kier alpha value is -2.05. The molecule has 3 rings (SSSR count). The van der Waals surface area contributed by atoms with E-state index >= 15 is 0 Å². The Morgan fingerprint density at radius 2 is 2.00 bits per heavy atom. The fourth-order valence-corrected chi connectivity index (χ4v) is 3.68. The summed E-state index contributed by atoms with van der Waals surface area (Å²) in [4.78, 5) is 17.1. The Balaban J connectivity index is 1.83. The molecular formula is C19H24N2O3S. The van der Waals surface area contributed by atoms with Crippen LogP contribution in [0, 0.1) is 6.92 Å². The van der Waals surface area contributed by atoms with E-state index < -0.39 is 0 Å². The molecule has 0 bridgehead atoms. The van der Waals surface area contributed by atoms with Gasteiger partial charge in [0.05, 0.1) is 6.54 Å². The number of ether oxygens (including phenoxy) is 2. The number of anilines is 1. The second-order valence-electron chi connectivity index (χ2n) is 6.03. The Morgan fingerprint density at radius 3 is 2.72 bits per heavy atom. The van der Waals surface area contributed by atoms with Crippen LogP contribution in [0.3, 0.4) is 0 Å². The first kappa shape index (κ1) is 17.8. The van der Waals surface area contributed by atoms with E-state index in [1.165, 1.54) is 9.75 Å². The van der Waals surface area contributed by atoms with E-state index in [4.69, 9.17) is 9.47 Å². The summed E-state index contributed by atoms with van der Waals surface area (Å²) in [7, 11) is 1.90. The molecule has 1 N–H and O–H groups in total. The van der Waals surface area contributed by atoms with Gasteiger partial charge in [-0.25, -0.2) is 0 Å². The van der Waals surface area contributed by atoms with E-state index in [0.29, 0.717) is 31.9 Å². The van der Waals surface area contributed by atoms with Gasteiger partial charge in [0.25, 0.3) is 0 Å². The van der Waals surface area contributed by atoms with Crippen LogP contribution in [0.15, 0.2) is 30.3 Å². The van der Waals surface area contributed by atoms with Gasteiger partial charge < -0.3 is 19.7 Å². The number of carbonyl (C=O) groups excluding carboxylic acids is 1. The van der Waals surface area contributed by atoms with Crippen LogP contribution >= 0.6 is 11.3 Å². The lowest BCUT2D eigenvalue weighted by atomic mass is 10.2. The highest BCUT2D eigenvalue weighted by molar-refractivity contribution is 7.11. The second kappa shape index (κ2) is 8.36. The SMILES string of the molecule is CNCCCC(=O)N(Cc1ccc(C)s1)c1ccc2c(c1)OCCO2. The van der Waals surface area contributed by atoms with Crippen molar-refractivity contribution in [3.63, 3.8) is 0 Å². The molecule has 0 atom stereocenters. The van der Waals surface area contributed by atoms with Crippen LogP contribution in [0.1, 0.15) is 22.6 Å². The van der Waals surface area contributed by atoms with E-state index in [1.54, 1.807) is 11.3 Å². The van der Waals surface area contributed by atoms with Crippen LogP contribution in [-0.2, 0) is 11.3 Å². The number of hydrogen-bond donors (Lipinski definition) is 1. The van der Waals surface area contributed by atoms with E-state index in [-0.39, 0.29) is 5.91 Å². The lowest BCUT2D eigenvalue weighted by Gasteiger charge is -2.25. The van der Waals surface area contributed by atoms with Gasteiger partial charge in [-0.1, -0.05) is 0 Å². The van der Waals surface area contributed by atoms with Gasteiger partial charge in [0.2, 0.25) is 5.91 Å². The zero-order valence-electron chi connectivity index (χ0n) is 14.7. The van der Waals surface area contributed by atoms with Crippen LogP contribution in [0.25, 0.3) is 0 Å². The number of benzene rings is 1. The van der Waals surface area contributed by atoms with Crippen molar-refractivity contribution in [2.75, 3.05) is 31.7 Å². The molecule has 0 fully saturated rings. The van der Waals surface area contributed by atoms with Crippen molar-refractivity contribution in [3.8, 4) is 11.5 Å². The molecule has 6 heteroatoms. The van der Waals surface area contributed by atoms with Crippen molar-refractivity contribution in [1.29, 1.82) is 0 Å². The number of amides is 1. The van der Waals surface area contributed by atoms with Crippen molar-refractivity contribution >= 4 is 22.9 Å². The molecule has 0 unspecified atom stereocenters. The number of fused-ring (bicyclic) bond motifs is 1. The summed E-state index contributed by atoms with van der Waals surface area (Å²) in [5.74, 6) is 1.57. The van der Waals surface area contributed by atoms with Crippen molar-refractivity contribution in [1.82, 2.24) is 5.32 Å². The summed E-state index contributed by atoms with van der Waals surface area (Å²) in [5.41, 5.74) is 0.852. The zero-order valence-corrected chi connectivity index (χ0v) is 15.5. The number of carbonyl (C=O) groups is 1. The van der Waals surface area contributed by atoms with Crippen LogP contribution in [-0.4, -0.2) is 32.7 Å². The lowest BCUT2D eigenvalue weighted by molar-refractivity contribution is -0.118. The lowest BCUT2D eigenvalue weighted by Crippen LogP contribution is -2.30. The molecule has 1 aliphatic rings. The fraction of sp³-hybridized carbons (Fsp3) is 0.421. The normalized spacial score (nSPS) is 12.9. The smallest absolute Gasteiger partial charge is 0.227 e. The van der Waals surface area contributed by atoms with Crippen LogP contribution in [0.4, 0.5) is 5.69 Å². The van der Waals surface area contributed by atoms with Gasteiger partial charge in [0.1, 0.15) is 13.2 Å². The average Bonchev–Trinajstić information content (AvgIpc) is 3.04. The monoisotopic (exact) mass is 360 g/mol. The maximum atomic E-state index is 12.8. The molecule has 2 aromatic rings. The Labute approximate surface area is 152 Å². The predicted molar refractivity (Wildman–Crippen MR) is 101 cm³/mol. The quantitative estimate of drug-likeness (QED) is 0.769. The van der Waals surface area contributed by atoms with Gasteiger partial charge in [0, 0.05) is 27.9 Å². The molecule has 0 saturated carbocycles. The summed E-state index contributed by atoms with van der Waals surface area (Å²) in [5, 5.41) is 3.09. The number of thiophene rings is 1. The first-order valence-corrected chi connectivity index (χ1v) is 9.39. The minimum Gasteiger partial charge on any atom is -0.486 e. The largest absolute Gasteiger partial charge is 0.486 e. The third-order valence-corrected chi connectivity index (χ3v) is 5.05. The highest BCUT2D eigenvalue weighted by atomic mass is 32.1. The molecule has 1 aliphatic heterocycles. The molecule has 0 saturated heterocycles. The molecule has 5 nitrogen and oxygen atoms in total. The van der Waals surface area contributed by atoms with E-state index in [0.717, 1.165) is 24.4 Å². The number of aryl methyl sites for hydroxylation is 1. The molecule has 25 heavy (non-hydrogen) atoms. The van der Waals surface area contributed by atoms with Crippen LogP contribution in [0.5, 0.6) is 11.5 Å². The van der Waals surface area contributed by atoms with Crippen molar-refractivity contribution < 1.29 is 14.3 Å². The third kappa shape index (κ3) is 4.52. The summed E-state index contributed by atoms with van der Waals surface area (Å²) < 4.78 is 11.3. The van der Waals surface area contributed by atoms with Crippen molar-refractivity contribution in [2.24, 2.45) is 0 Å². The van der Waals surface area contributed by atoms with Gasteiger partial charge in [-0.05, 0) is 51.2 Å². The van der Waals surface area contributed by atoms with E-state index in [2.05, 4.69) is 24.4 Å². The Morgan fingerprint density at radius 1 is 1.20 bits per heavy atom. The first-order valence-electron chi connectivity index (χ1n) is 8.57. The highest BCUT2D eigenvalue weighted by Crippen LogP contribution is 2.35. The zero-order chi connectivity index (χ0) is 17.6. The minimum atomic E-state index is 0.123. The number of nitrogens with one attached hydrogen (secondary N) is 1. The van der Waals surface area contributed by atoms with Crippen LogP contribution in [0.2, 0.25) is 0 Å². The molecule has 0 radical (unpaired) electrons. The van der Waals surface area contributed by atoms with Gasteiger partial charge in [0.15, 0.2) is 11.5 Å². The maximum absolute atomic E-state index is 12.8. The minimum absolute atomic E-state index is 0.123. The average molecular weight is 360 g/mol. The van der Waals surface area contributed by atoms with E-state index in [1.807, 2.05) is 30.1 Å². The molecule has 0 spiro atoms. The standard InChI is InChI=1S/C19H24N2O3S/c1-14-5-7-16(25-14)13-21(19(22)4-3-9-20-2)15-6-8-17-18(12-15)24-11-10-23-17/h5-8,12,20H,3-4,9-11,13H2,1-2H3. The van der Waals surface area contributed by atoms with Gasteiger partial charge in [-0.3, -0.25) is 4.79 Å². The third-order valence-electron chi connectivity index (χ3n) is 4.07. The molecule has 1 amide bonds. The summed E-state index contributed by atoms with van der Waals surface area (Å²) in [6, 6.07) is 9.91. The molecular weight excluding hydrogens is 336 g/mol. The topological polar surface area (TPSA) is 50.8 Å². The highest BCUT2D eigenvalue weighted by Gasteiger charge is 2.20. The van der Waals surface area contributed by atoms with Crippen molar-refractivity contribution in [2.45, 2.75) is 26.3 Å². The van der Waals surface area contributed by atoms with Gasteiger partial charge in [-0.15, -0.1) is 11.3 Å². The summed E-state index contributed by atoms with van der Waals surface area (Å²) in [6.45, 7) is 4.59. The fourth-order valence-electron chi connectivity index (χ4n) is 2.80.